The molecule has 6 heteroatoms. The smallest absolute Gasteiger partial charge is 0.335 e. The number of rotatable bonds is 4. The molecule has 158 valence electrons. The van der Waals surface area contributed by atoms with Crippen LogP contribution in [0.3, 0.4) is 0 Å². The van der Waals surface area contributed by atoms with E-state index in [0.717, 1.165) is 38.2 Å². The van der Waals surface area contributed by atoms with Crippen LogP contribution in [0.2, 0.25) is 0 Å². The third-order valence-corrected chi connectivity index (χ3v) is 6.06. The molecule has 31 heavy (non-hydrogen) atoms. The van der Waals surface area contributed by atoms with Crippen molar-refractivity contribution < 1.29 is 19.7 Å². The lowest BCUT2D eigenvalue weighted by molar-refractivity contribution is 0.0696. The predicted molar refractivity (Wildman–Crippen MR) is 118 cm³/mol. The van der Waals surface area contributed by atoms with Crippen molar-refractivity contribution in [3.63, 3.8) is 0 Å². The first-order chi connectivity index (χ1) is 15.1. The molecular formula is C25H24N2O4. The van der Waals surface area contributed by atoms with Crippen LogP contribution in [0.15, 0.2) is 66.7 Å². The summed E-state index contributed by atoms with van der Waals surface area (Å²) in [6.45, 7) is 2.82. The van der Waals surface area contributed by atoms with Gasteiger partial charge in [-0.3, -0.25) is 4.90 Å². The first-order valence-electron chi connectivity index (χ1n) is 10.5. The Morgan fingerprint density at radius 3 is 2.42 bits per heavy atom. The van der Waals surface area contributed by atoms with Crippen LogP contribution in [-0.2, 0) is 6.54 Å². The van der Waals surface area contributed by atoms with Crippen LogP contribution in [0.5, 0.6) is 17.2 Å². The number of anilines is 2. The van der Waals surface area contributed by atoms with Crippen LogP contribution in [0.4, 0.5) is 11.4 Å². The van der Waals surface area contributed by atoms with E-state index in [-0.39, 0.29) is 17.4 Å². The van der Waals surface area contributed by atoms with Crippen molar-refractivity contribution in [2.45, 2.75) is 25.4 Å². The molecule has 2 heterocycles. The number of carboxylic acid groups (broad SMARTS) is 1. The Labute approximate surface area is 180 Å². The Balaban J connectivity index is 1.44. The van der Waals surface area contributed by atoms with Gasteiger partial charge in [0.05, 0.1) is 11.3 Å². The van der Waals surface area contributed by atoms with E-state index in [1.54, 1.807) is 0 Å². The molecule has 2 aliphatic heterocycles. The highest BCUT2D eigenvalue weighted by atomic mass is 16.5. The molecular weight excluding hydrogens is 392 g/mol. The number of piperidine rings is 1. The minimum absolute atomic E-state index is 0.00765. The molecule has 0 radical (unpaired) electrons. The van der Waals surface area contributed by atoms with Crippen LogP contribution >= 0.6 is 0 Å². The first kappa shape index (κ1) is 19.5. The Bertz CT molecular complexity index is 1110. The molecule has 2 N–H and O–H groups in total. The van der Waals surface area contributed by atoms with E-state index in [0.29, 0.717) is 17.2 Å². The number of para-hydroxylation sites is 2. The number of hydrogen-bond acceptors (Lipinski definition) is 5. The summed E-state index contributed by atoms with van der Waals surface area (Å²) >= 11 is 0. The van der Waals surface area contributed by atoms with E-state index in [9.17, 15) is 15.0 Å². The van der Waals surface area contributed by atoms with Crippen LogP contribution in [-0.4, -0.2) is 40.2 Å². The summed E-state index contributed by atoms with van der Waals surface area (Å²) in [5.41, 5.74) is 2.76. The molecule has 0 bridgehead atoms. The van der Waals surface area contributed by atoms with Crippen LogP contribution < -0.4 is 9.64 Å². The Hall–Kier alpha value is -3.51. The summed E-state index contributed by atoms with van der Waals surface area (Å²) in [6.07, 6.45) is 1.86. The van der Waals surface area contributed by atoms with Gasteiger partial charge in [-0.15, -0.1) is 0 Å². The van der Waals surface area contributed by atoms with Gasteiger partial charge in [-0.2, -0.15) is 0 Å². The van der Waals surface area contributed by atoms with Crippen molar-refractivity contribution in [2.24, 2.45) is 0 Å². The number of likely N-dealkylation sites (tertiary alicyclic amines) is 1. The highest BCUT2D eigenvalue weighted by Gasteiger charge is 2.35. The lowest BCUT2D eigenvalue weighted by Gasteiger charge is -2.42. The van der Waals surface area contributed by atoms with Gasteiger partial charge in [-0.05, 0) is 42.7 Å². The van der Waals surface area contributed by atoms with Crippen LogP contribution in [0.1, 0.15) is 28.8 Å². The summed E-state index contributed by atoms with van der Waals surface area (Å²) in [5.74, 6) is -0.121. The predicted octanol–water partition coefficient (Wildman–Crippen LogP) is 5.00. The standard InChI is InChI=1S/C25H24N2O4/c28-21-14-18(25(29)30)15-23-24(21)27(20-8-4-5-9-22(20)31-23)19-10-12-26(13-11-19)16-17-6-2-1-3-7-17/h1-9,14-15,19,28H,10-13,16H2,(H,29,30). The maximum absolute atomic E-state index is 11.5. The third-order valence-electron chi connectivity index (χ3n) is 6.06. The molecule has 1 saturated heterocycles. The lowest BCUT2D eigenvalue weighted by Crippen LogP contribution is -2.43. The molecule has 6 nitrogen and oxygen atoms in total. The summed E-state index contributed by atoms with van der Waals surface area (Å²) in [7, 11) is 0. The van der Waals surface area contributed by atoms with E-state index >= 15 is 0 Å². The van der Waals surface area contributed by atoms with Gasteiger partial charge < -0.3 is 19.8 Å². The average molecular weight is 416 g/mol. The van der Waals surface area contributed by atoms with Crippen LogP contribution in [0, 0.1) is 0 Å². The highest BCUT2D eigenvalue weighted by Crippen LogP contribution is 2.52. The largest absolute Gasteiger partial charge is 0.506 e. The van der Waals surface area contributed by atoms with Crippen LogP contribution in [0.25, 0.3) is 0 Å². The number of carbonyl (C=O) groups is 1. The molecule has 0 aliphatic carbocycles. The molecule has 0 saturated carbocycles. The Kier molecular flexibility index (Phi) is 5.00. The average Bonchev–Trinajstić information content (AvgIpc) is 2.79. The fourth-order valence-corrected chi connectivity index (χ4v) is 4.57. The van der Waals surface area contributed by atoms with Gasteiger partial charge in [0.15, 0.2) is 11.5 Å². The summed E-state index contributed by atoms with van der Waals surface area (Å²) in [5, 5.41) is 20.1. The molecule has 0 atom stereocenters. The summed E-state index contributed by atoms with van der Waals surface area (Å²) < 4.78 is 5.99. The van der Waals surface area contributed by atoms with Crippen molar-refractivity contribution in [3.05, 3.63) is 77.9 Å². The second-order valence-electron chi connectivity index (χ2n) is 8.08. The second-order valence-corrected chi connectivity index (χ2v) is 8.08. The molecule has 1 fully saturated rings. The number of phenols is 1. The number of nitrogens with zero attached hydrogens (tertiary/aromatic N) is 2. The quantitative estimate of drug-likeness (QED) is 0.624. The normalized spacial score (nSPS) is 16.3. The highest BCUT2D eigenvalue weighted by molar-refractivity contribution is 5.92. The van der Waals surface area contributed by atoms with Crippen molar-refractivity contribution >= 4 is 17.3 Å². The van der Waals surface area contributed by atoms with Gasteiger partial charge in [-0.1, -0.05) is 42.5 Å². The number of ether oxygens (including phenoxy) is 1. The minimum Gasteiger partial charge on any atom is -0.506 e. The molecule has 0 unspecified atom stereocenters. The molecule has 2 aliphatic rings. The number of aromatic hydroxyl groups is 1. The van der Waals surface area contributed by atoms with E-state index in [1.807, 2.05) is 30.3 Å². The van der Waals surface area contributed by atoms with E-state index in [2.05, 4.69) is 34.1 Å². The van der Waals surface area contributed by atoms with Gasteiger partial charge >= 0.3 is 5.97 Å². The van der Waals surface area contributed by atoms with Gasteiger partial charge in [0.25, 0.3) is 0 Å². The van der Waals surface area contributed by atoms with Crippen molar-refractivity contribution in [1.82, 2.24) is 4.90 Å². The van der Waals surface area contributed by atoms with Gasteiger partial charge in [0.1, 0.15) is 11.4 Å². The molecule has 5 rings (SSSR count). The number of phenolic OH excluding ortho intramolecular Hbond substituents is 1. The molecule has 0 aromatic heterocycles. The molecule has 3 aromatic carbocycles. The third kappa shape index (κ3) is 3.70. The zero-order valence-electron chi connectivity index (χ0n) is 17.1. The number of fused-ring (bicyclic) bond motifs is 2. The van der Waals surface area contributed by atoms with Gasteiger partial charge in [0, 0.05) is 25.7 Å². The van der Waals surface area contributed by atoms with E-state index < -0.39 is 5.97 Å². The second kappa shape index (κ2) is 7.96. The Morgan fingerprint density at radius 2 is 1.68 bits per heavy atom. The monoisotopic (exact) mass is 416 g/mol. The number of aromatic carboxylic acids is 1. The first-order valence-corrected chi connectivity index (χ1v) is 10.5. The van der Waals surface area contributed by atoms with Gasteiger partial charge in [-0.25, -0.2) is 4.79 Å². The van der Waals surface area contributed by atoms with Crippen molar-refractivity contribution in [2.75, 3.05) is 18.0 Å². The van der Waals surface area contributed by atoms with E-state index in [4.69, 9.17) is 4.74 Å². The molecule has 0 amide bonds. The van der Waals surface area contributed by atoms with Gasteiger partial charge in [0.2, 0.25) is 0 Å². The summed E-state index contributed by atoms with van der Waals surface area (Å²) in [4.78, 5) is 16.1. The molecule has 3 aromatic rings. The molecule has 0 spiro atoms. The minimum atomic E-state index is -1.10. The lowest BCUT2D eigenvalue weighted by atomic mass is 9.98. The zero-order valence-corrected chi connectivity index (χ0v) is 17.1. The SMILES string of the molecule is O=C(O)c1cc(O)c2c(c1)Oc1ccccc1N2C1CCN(Cc2ccccc2)CC1. The maximum atomic E-state index is 11.5. The number of hydrogen-bond donors (Lipinski definition) is 2. The maximum Gasteiger partial charge on any atom is 0.335 e. The Morgan fingerprint density at radius 1 is 0.968 bits per heavy atom. The summed E-state index contributed by atoms with van der Waals surface area (Å²) in [6, 6.07) is 21.1. The number of benzene rings is 3. The van der Waals surface area contributed by atoms with Crippen molar-refractivity contribution in [3.8, 4) is 17.2 Å². The fraction of sp³-hybridized carbons (Fsp3) is 0.240. The fourth-order valence-electron chi connectivity index (χ4n) is 4.57. The number of carboxylic acids is 1. The zero-order chi connectivity index (χ0) is 21.4. The van der Waals surface area contributed by atoms with Crippen molar-refractivity contribution in [1.29, 1.82) is 0 Å². The van der Waals surface area contributed by atoms with E-state index in [1.165, 1.54) is 17.7 Å². The topological polar surface area (TPSA) is 73.2 Å².